The van der Waals surface area contributed by atoms with Crippen LogP contribution in [0.25, 0.3) is 0 Å². The fourth-order valence-corrected chi connectivity index (χ4v) is 0.852. The molecule has 0 radical (unpaired) electrons. The maximum atomic E-state index is 8.54. The summed E-state index contributed by atoms with van der Waals surface area (Å²) < 4.78 is 0. The molecule has 1 aromatic rings. The number of amidine groups is 1. The minimum atomic E-state index is 0.532. The lowest BCUT2D eigenvalue weighted by Crippen LogP contribution is -2.11. The number of hydrogen-bond donors (Lipinski definition) is 3. The summed E-state index contributed by atoms with van der Waals surface area (Å²) in [5.41, 5.74) is 0. The first-order valence-corrected chi connectivity index (χ1v) is 3.84. The van der Waals surface area contributed by atoms with Gasteiger partial charge in [-0.2, -0.15) is 5.10 Å². The number of nitrogens with zero attached hydrogens (tertiary/aromatic N) is 2. The third kappa shape index (κ3) is 2.26. The molecule has 0 aromatic carbocycles. The minimum Gasteiger partial charge on any atom is -0.409 e. The molecule has 1 heterocycles. The summed E-state index contributed by atoms with van der Waals surface area (Å²) in [6.45, 7) is 2.01. The fraction of sp³-hybridized carbons (Fsp3) is 0.429. The second-order valence-corrected chi connectivity index (χ2v) is 2.38. The molecular weight excluding hydrogens is 156 g/mol. The Hall–Kier alpha value is -1.52. The summed E-state index contributed by atoms with van der Waals surface area (Å²) >= 11 is 0. The lowest BCUT2D eigenvalue weighted by molar-refractivity contribution is 0.317. The van der Waals surface area contributed by atoms with Gasteiger partial charge in [0.1, 0.15) is 5.84 Å². The van der Waals surface area contributed by atoms with E-state index >= 15 is 0 Å². The van der Waals surface area contributed by atoms with Crippen molar-refractivity contribution in [3.8, 4) is 0 Å². The minimum absolute atomic E-state index is 0.532. The highest BCUT2D eigenvalue weighted by molar-refractivity contribution is 5.94. The number of H-pyrrole nitrogens is 1. The molecule has 0 bridgehead atoms. The molecule has 1 rings (SSSR count). The van der Waals surface area contributed by atoms with E-state index in [1.54, 1.807) is 12.3 Å². The van der Waals surface area contributed by atoms with E-state index in [9.17, 15) is 0 Å². The molecular formula is C7H12N4O. The molecule has 5 heteroatoms. The van der Waals surface area contributed by atoms with Crippen molar-refractivity contribution in [1.82, 2.24) is 10.2 Å². The Balaban J connectivity index is 2.49. The van der Waals surface area contributed by atoms with Crippen LogP contribution in [-0.2, 0) is 0 Å². The molecule has 66 valence electrons. The van der Waals surface area contributed by atoms with Crippen LogP contribution in [0.5, 0.6) is 0 Å². The van der Waals surface area contributed by atoms with E-state index in [1.165, 1.54) is 0 Å². The zero-order valence-electron chi connectivity index (χ0n) is 6.91. The first-order valence-electron chi connectivity index (χ1n) is 3.84. The van der Waals surface area contributed by atoms with Crippen LogP contribution >= 0.6 is 0 Å². The first kappa shape index (κ1) is 8.58. The van der Waals surface area contributed by atoms with Crippen LogP contribution in [0.4, 0.5) is 5.82 Å². The second kappa shape index (κ2) is 4.38. The maximum Gasteiger partial charge on any atom is 0.153 e. The van der Waals surface area contributed by atoms with Crippen LogP contribution in [0.1, 0.15) is 19.8 Å². The monoisotopic (exact) mass is 168 g/mol. The molecule has 0 spiro atoms. The van der Waals surface area contributed by atoms with Gasteiger partial charge in [0, 0.05) is 18.7 Å². The van der Waals surface area contributed by atoms with Crippen LogP contribution in [0.2, 0.25) is 0 Å². The summed E-state index contributed by atoms with van der Waals surface area (Å²) in [7, 11) is 0. The van der Waals surface area contributed by atoms with Gasteiger partial charge in [-0.05, 0) is 6.42 Å². The molecule has 12 heavy (non-hydrogen) atoms. The van der Waals surface area contributed by atoms with Crippen molar-refractivity contribution in [2.45, 2.75) is 19.8 Å². The number of oxime groups is 1. The Kier molecular flexibility index (Phi) is 3.13. The predicted molar refractivity (Wildman–Crippen MR) is 46.3 cm³/mol. The van der Waals surface area contributed by atoms with Crippen molar-refractivity contribution >= 4 is 11.7 Å². The lowest BCUT2D eigenvalue weighted by Gasteiger charge is -2.02. The highest BCUT2D eigenvalue weighted by Gasteiger charge is 1.99. The third-order valence-corrected chi connectivity index (χ3v) is 1.38. The van der Waals surface area contributed by atoms with Crippen molar-refractivity contribution in [1.29, 1.82) is 0 Å². The highest BCUT2D eigenvalue weighted by Crippen LogP contribution is 2.01. The Bertz CT molecular complexity index is 242. The molecule has 0 saturated carbocycles. The Labute approximate surface area is 70.5 Å². The van der Waals surface area contributed by atoms with Crippen LogP contribution in [-0.4, -0.2) is 21.2 Å². The van der Waals surface area contributed by atoms with E-state index in [1.807, 2.05) is 6.92 Å². The van der Waals surface area contributed by atoms with Crippen LogP contribution in [0, 0.1) is 0 Å². The number of hydrogen-bond acceptors (Lipinski definition) is 3. The van der Waals surface area contributed by atoms with E-state index < -0.39 is 0 Å². The van der Waals surface area contributed by atoms with Crippen molar-refractivity contribution < 1.29 is 5.21 Å². The molecule has 0 aliphatic carbocycles. The van der Waals surface area contributed by atoms with Gasteiger partial charge in [0.25, 0.3) is 0 Å². The van der Waals surface area contributed by atoms with Crippen molar-refractivity contribution in [2.75, 3.05) is 5.32 Å². The van der Waals surface area contributed by atoms with Gasteiger partial charge in [-0.3, -0.25) is 5.10 Å². The van der Waals surface area contributed by atoms with E-state index in [0.29, 0.717) is 18.1 Å². The largest absolute Gasteiger partial charge is 0.409 e. The number of rotatable bonds is 3. The molecule has 1 aromatic heterocycles. The number of aromatic nitrogens is 2. The molecule has 0 aliphatic rings. The average Bonchev–Trinajstić information content (AvgIpc) is 2.56. The lowest BCUT2D eigenvalue weighted by atomic mass is 10.3. The van der Waals surface area contributed by atoms with Crippen LogP contribution < -0.4 is 5.32 Å². The number of nitrogens with one attached hydrogen (secondary N) is 2. The smallest absolute Gasteiger partial charge is 0.153 e. The molecule has 0 aliphatic heterocycles. The van der Waals surface area contributed by atoms with Crippen LogP contribution in [0.3, 0.4) is 0 Å². The molecule has 0 fully saturated rings. The van der Waals surface area contributed by atoms with Gasteiger partial charge in [0.05, 0.1) is 0 Å². The maximum absolute atomic E-state index is 8.54. The van der Waals surface area contributed by atoms with E-state index in [-0.39, 0.29) is 0 Å². The summed E-state index contributed by atoms with van der Waals surface area (Å²) in [6, 6.07) is 1.76. The van der Waals surface area contributed by atoms with Crippen molar-refractivity contribution in [3.63, 3.8) is 0 Å². The summed E-state index contributed by atoms with van der Waals surface area (Å²) in [5, 5.41) is 21.0. The second-order valence-electron chi connectivity index (χ2n) is 2.38. The van der Waals surface area contributed by atoms with Gasteiger partial charge >= 0.3 is 0 Å². The number of aromatic amines is 1. The van der Waals surface area contributed by atoms with Gasteiger partial charge in [-0.25, -0.2) is 0 Å². The molecule has 0 saturated heterocycles. The molecule has 0 unspecified atom stereocenters. The average molecular weight is 168 g/mol. The standard InChI is InChI=1S/C7H12N4O/c1-2-3-7(11-12)9-6-4-5-8-10-6/h4-5,12H,2-3H2,1H3,(H2,8,9,10,11). The SMILES string of the molecule is CCCC(=NO)Nc1cc[nH]n1. The first-order chi connectivity index (χ1) is 5.86. The normalized spacial score (nSPS) is 11.6. The van der Waals surface area contributed by atoms with E-state index in [4.69, 9.17) is 5.21 Å². The van der Waals surface area contributed by atoms with Crippen molar-refractivity contribution in [3.05, 3.63) is 12.3 Å². The molecule has 5 nitrogen and oxygen atoms in total. The third-order valence-electron chi connectivity index (χ3n) is 1.38. The fourth-order valence-electron chi connectivity index (χ4n) is 0.852. The van der Waals surface area contributed by atoms with E-state index in [0.717, 1.165) is 6.42 Å². The van der Waals surface area contributed by atoms with Gasteiger partial charge in [0.2, 0.25) is 0 Å². The summed E-state index contributed by atoms with van der Waals surface area (Å²) in [6.07, 6.45) is 3.34. The zero-order chi connectivity index (χ0) is 8.81. The summed E-state index contributed by atoms with van der Waals surface area (Å²) in [5.74, 6) is 1.20. The Morgan fingerprint density at radius 3 is 3.17 bits per heavy atom. The molecule has 0 atom stereocenters. The Morgan fingerprint density at radius 1 is 1.83 bits per heavy atom. The summed E-state index contributed by atoms with van der Waals surface area (Å²) in [4.78, 5) is 0. The van der Waals surface area contributed by atoms with Gasteiger partial charge in [-0.15, -0.1) is 0 Å². The highest BCUT2D eigenvalue weighted by atomic mass is 16.4. The molecule has 3 N–H and O–H groups in total. The van der Waals surface area contributed by atoms with Gasteiger partial charge in [-0.1, -0.05) is 12.1 Å². The van der Waals surface area contributed by atoms with Crippen molar-refractivity contribution in [2.24, 2.45) is 5.16 Å². The molecule has 0 amide bonds. The predicted octanol–water partition coefficient (Wildman–Crippen LogP) is 1.41. The zero-order valence-corrected chi connectivity index (χ0v) is 6.91. The van der Waals surface area contributed by atoms with Gasteiger partial charge < -0.3 is 10.5 Å². The van der Waals surface area contributed by atoms with E-state index in [2.05, 4.69) is 20.7 Å². The van der Waals surface area contributed by atoms with Crippen LogP contribution in [0.15, 0.2) is 17.4 Å². The number of anilines is 1. The topological polar surface area (TPSA) is 73.3 Å². The van der Waals surface area contributed by atoms with Gasteiger partial charge in [0.15, 0.2) is 5.82 Å². The Morgan fingerprint density at radius 2 is 2.67 bits per heavy atom. The quantitative estimate of drug-likeness (QED) is 0.276.